The van der Waals surface area contributed by atoms with Gasteiger partial charge in [-0.05, 0) is 50.2 Å². The quantitative estimate of drug-likeness (QED) is 0.623. The molecule has 5 heteroatoms. The number of hydrogen-bond acceptors (Lipinski definition) is 3. The number of rotatable bonds is 3. The Hall–Kier alpha value is -2.69. The van der Waals surface area contributed by atoms with Crippen molar-refractivity contribution in [3.8, 4) is 0 Å². The van der Waals surface area contributed by atoms with Crippen LogP contribution in [0.4, 0.5) is 5.69 Å². The number of allylic oxidation sites excluding steroid dienone is 2. The maximum Gasteiger partial charge on any atom is 0.238 e. The van der Waals surface area contributed by atoms with E-state index in [2.05, 4.69) is 36.3 Å². The standard InChI is InChI=1S/C22H23N3O2/c1-12-6-4-5-7-17(12)11-24-14(3)20(13(2)23-24)25-21(26)18-15-8-9-16(10-15)19(18)22(25)27/h4-9,15-16,18-19H,10-11H2,1-3H3. The Labute approximate surface area is 158 Å². The molecule has 2 aromatic rings. The van der Waals surface area contributed by atoms with Gasteiger partial charge in [-0.25, -0.2) is 4.90 Å². The van der Waals surface area contributed by atoms with Crippen molar-refractivity contribution in [1.29, 1.82) is 0 Å². The van der Waals surface area contributed by atoms with Gasteiger partial charge in [0.15, 0.2) is 0 Å². The van der Waals surface area contributed by atoms with Crippen molar-refractivity contribution in [3.63, 3.8) is 0 Å². The molecular formula is C22H23N3O2. The summed E-state index contributed by atoms with van der Waals surface area (Å²) in [4.78, 5) is 27.7. The van der Waals surface area contributed by atoms with Crippen molar-refractivity contribution in [2.75, 3.05) is 4.90 Å². The second-order valence-electron chi connectivity index (χ2n) is 8.12. The first-order chi connectivity index (χ1) is 13.0. The molecule has 2 amide bonds. The fourth-order valence-corrected chi connectivity index (χ4v) is 5.24. The summed E-state index contributed by atoms with van der Waals surface area (Å²) < 4.78 is 1.91. The van der Waals surface area contributed by atoms with Crippen LogP contribution in [0.25, 0.3) is 0 Å². The second-order valence-corrected chi connectivity index (χ2v) is 8.12. The molecule has 2 fully saturated rings. The number of carbonyl (C=O) groups excluding carboxylic acids is 2. The molecule has 1 aromatic carbocycles. The first-order valence-electron chi connectivity index (χ1n) is 9.62. The van der Waals surface area contributed by atoms with Crippen molar-refractivity contribution in [2.45, 2.75) is 33.7 Å². The van der Waals surface area contributed by atoms with Crippen molar-refractivity contribution in [2.24, 2.45) is 23.7 Å². The zero-order valence-electron chi connectivity index (χ0n) is 15.8. The monoisotopic (exact) mass is 361 g/mol. The molecule has 2 heterocycles. The Morgan fingerprint density at radius 3 is 2.26 bits per heavy atom. The number of anilines is 1. The molecule has 1 saturated carbocycles. The van der Waals surface area contributed by atoms with Crippen LogP contribution in [0.3, 0.4) is 0 Å². The van der Waals surface area contributed by atoms with Gasteiger partial charge < -0.3 is 0 Å². The van der Waals surface area contributed by atoms with Crippen molar-refractivity contribution < 1.29 is 9.59 Å². The Balaban J connectivity index is 1.52. The summed E-state index contributed by atoms with van der Waals surface area (Å²) in [6.45, 7) is 6.56. The topological polar surface area (TPSA) is 55.2 Å². The fourth-order valence-electron chi connectivity index (χ4n) is 5.24. The summed E-state index contributed by atoms with van der Waals surface area (Å²) in [5.41, 5.74) is 4.69. The summed E-state index contributed by atoms with van der Waals surface area (Å²) >= 11 is 0. The minimum atomic E-state index is -0.175. The predicted molar refractivity (Wildman–Crippen MR) is 102 cm³/mol. The van der Waals surface area contributed by atoms with Crippen LogP contribution in [0, 0.1) is 44.4 Å². The van der Waals surface area contributed by atoms with Crippen LogP contribution in [-0.2, 0) is 16.1 Å². The second kappa shape index (κ2) is 5.65. The van der Waals surface area contributed by atoms with Gasteiger partial charge in [0.05, 0.1) is 35.5 Å². The average molecular weight is 361 g/mol. The maximum absolute atomic E-state index is 13.1. The van der Waals surface area contributed by atoms with E-state index in [9.17, 15) is 9.59 Å². The van der Waals surface area contributed by atoms with Gasteiger partial charge in [-0.15, -0.1) is 0 Å². The van der Waals surface area contributed by atoms with E-state index in [0.29, 0.717) is 12.2 Å². The molecule has 2 bridgehead atoms. The van der Waals surface area contributed by atoms with Crippen molar-refractivity contribution in [3.05, 3.63) is 58.9 Å². The van der Waals surface area contributed by atoms with Crippen LogP contribution in [0.5, 0.6) is 0 Å². The van der Waals surface area contributed by atoms with E-state index in [1.165, 1.54) is 16.0 Å². The molecule has 5 nitrogen and oxygen atoms in total. The molecule has 0 spiro atoms. The molecule has 1 saturated heterocycles. The van der Waals surface area contributed by atoms with E-state index < -0.39 is 0 Å². The number of benzene rings is 1. The molecule has 4 atom stereocenters. The average Bonchev–Trinajstić information content (AvgIpc) is 3.37. The number of nitrogens with zero attached hydrogens (tertiary/aromatic N) is 3. The molecule has 5 rings (SSSR count). The lowest BCUT2D eigenvalue weighted by Crippen LogP contribution is -2.33. The van der Waals surface area contributed by atoms with Gasteiger partial charge in [0.1, 0.15) is 0 Å². The third kappa shape index (κ3) is 2.20. The van der Waals surface area contributed by atoms with Crippen LogP contribution in [0.15, 0.2) is 36.4 Å². The number of hydrogen-bond donors (Lipinski definition) is 0. The van der Waals surface area contributed by atoms with Gasteiger partial charge in [0.2, 0.25) is 11.8 Å². The lowest BCUT2D eigenvalue weighted by atomic mass is 9.85. The lowest BCUT2D eigenvalue weighted by Gasteiger charge is -2.18. The Morgan fingerprint density at radius 1 is 1.00 bits per heavy atom. The normalized spacial score (nSPS) is 28.5. The zero-order valence-corrected chi connectivity index (χ0v) is 15.8. The number of aryl methyl sites for hydroxylation is 2. The van der Waals surface area contributed by atoms with E-state index in [1.807, 2.05) is 30.7 Å². The zero-order chi connectivity index (χ0) is 18.9. The number of amides is 2. The van der Waals surface area contributed by atoms with Gasteiger partial charge in [-0.2, -0.15) is 5.10 Å². The molecule has 138 valence electrons. The summed E-state index contributed by atoms with van der Waals surface area (Å²) in [5, 5.41) is 4.66. The van der Waals surface area contributed by atoms with Gasteiger partial charge >= 0.3 is 0 Å². The maximum atomic E-state index is 13.1. The molecule has 1 aliphatic heterocycles. The molecule has 3 aliphatic rings. The highest BCUT2D eigenvalue weighted by Crippen LogP contribution is 2.53. The van der Waals surface area contributed by atoms with Crippen molar-refractivity contribution in [1.82, 2.24) is 9.78 Å². The number of imide groups is 1. The van der Waals surface area contributed by atoms with E-state index in [4.69, 9.17) is 0 Å². The summed E-state index contributed by atoms with van der Waals surface area (Å²) in [5.74, 6) is 0.0252. The first-order valence-corrected chi connectivity index (χ1v) is 9.62. The SMILES string of the molecule is Cc1ccccc1Cn1nc(C)c(N2C(=O)C3C4C=CC(C4)C3C2=O)c1C. The molecular weight excluding hydrogens is 338 g/mol. The van der Waals surface area contributed by atoms with Crippen LogP contribution >= 0.6 is 0 Å². The van der Waals surface area contributed by atoms with Gasteiger partial charge in [-0.3, -0.25) is 14.3 Å². The van der Waals surface area contributed by atoms with Crippen LogP contribution in [-0.4, -0.2) is 21.6 Å². The molecule has 2 aliphatic carbocycles. The van der Waals surface area contributed by atoms with E-state index in [0.717, 1.165) is 17.8 Å². The fraction of sp³-hybridized carbons (Fsp3) is 0.409. The smallest absolute Gasteiger partial charge is 0.238 e. The van der Waals surface area contributed by atoms with Gasteiger partial charge in [0, 0.05) is 0 Å². The summed E-state index contributed by atoms with van der Waals surface area (Å²) in [6.07, 6.45) is 5.20. The van der Waals surface area contributed by atoms with Gasteiger partial charge in [0.25, 0.3) is 0 Å². The summed E-state index contributed by atoms with van der Waals surface area (Å²) in [6, 6.07) is 8.21. The molecule has 1 aromatic heterocycles. The molecule has 0 radical (unpaired) electrons. The Morgan fingerprint density at radius 2 is 1.63 bits per heavy atom. The van der Waals surface area contributed by atoms with Crippen LogP contribution < -0.4 is 4.90 Å². The minimum absolute atomic E-state index is 0.0384. The number of aromatic nitrogens is 2. The lowest BCUT2D eigenvalue weighted by molar-refractivity contribution is -0.123. The number of carbonyl (C=O) groups is 2. The molecule has 4 unspecified atom stereocenters. The highest BCUT2D eigenvalue weighted by molar-refractivity contribution is 6.23. The largest absolute Gasteiger partial charge is 0.274 e. The predicted octanol–water partition coefficient (Wildman–Crippen LogP) is 3.17. The Kier molecular flexibility index (Phi) is 3.45. The molecule has 0 N–H and O–H groups in total. The van der Waals surface area contributed by atoms with E-state index >= 15 is 0 Å². The van der Waals surface area contributed by atoms with Crippen molar-refractivity contribution >= 4 is 17.5 Å². The van der Waals surface area contributed by atoms with E-state index in [-0.39, 0.29) is 35.5 Å². The van der Waals surface area contributed by atoms with E-state index in [1.54, 1.807) is 0 Å². The molecule has 27 heavy (non-hydrogen) atoms. The third-order valence-corrected chi connectivity index (χ3v) is 6.62. The number of fused-ring (bicyclic) bond motifs is 5. The highest BCUT2D eigenvalue weighted by atomic mass is 16.2. The highest BCUT2D eigenvalue weighted by Gasteiger charge is 2.60. The first kappa shape index (κ1) is 16.5. The van der Waals surface area contributed by atoms with Gasteiger partial charge in [-0.1, -0.05) is 36.4 Å². The Bertz CT molecular complexity index is 973. The third-order valence-electron chi connectivity index (χ3n) is 6.62. The summed E-state index contributed by atoms with van der Waals surface area (Å²) in [7, 11) is 0. The van der Waals surface area contributed by atoms with Crippen LogP contribution in [0.2, 0.25) is 0 Å². The van der Waals surface area contributed by atoms with Crippen LogP contribution in [0.1, 0.15) is 28.9 Å². The minimum Gasteiger partial charge on any atom is -0.274 e.